The lowest BCUT2D eigenvalue weighted by Crippen LogP contribution is -2.25. The van der Waals surface area contributed by atoms with Crippen LogP contribution in [-0.4, -0.2) is 34.7 Å². The van der Waals surface area contributed by atoms with Crippen molar-refractivity contribution in [2.45, 2.75) is 11.2 Å². The summed E-state index contributed by atoms with van der Waals surface area (Å²) in [5, 5.41) is 0.430. The van der Waals surface area contributed by atoms with Gasteiger partial charge in [0.05, 0.1) is 9.92 Å². The van der Waals surface area contributed by atoms with Crippen LogP contribution in [-0.2, 0) is 19.3 Å². The first-order valence-electron chi connectivity index (χ1n) is 4.64. The summed E-state index contributed by atoms with van der Waals surface area (Å²) in [5.41, 5.74) is 0. The van der Waals surface area contributed by atoms with Crippen molar-refractivity contribution in [3.05, 3.63) is 28.2 Å². The van der Waals surface area contributed by atoms with Gasteiger partial charge in [0.1, 0.15) is 5.75 Å². The Kier molecular flexibility index (Phi) is 5.22. The van der Waals surface area contributed by atoms with Crippen LogP contribution >= 0.6 is 23.2 Å². The van der Waals surface area contributed by atoms with Gasteiger partial charge in [-0.05, 0) is 18.2 Å². The zero-order valence-electron chi connectivity index (χ0n) is 9.31. The number of sulfone groups is 1. The predicted octanol–water partition coefficient (Wildman–Crippen LogP) is 2.39. The minimum atomic E-state index is -3.60. The van der Waals surface area contributed by atoms with Gasteiger partial charge in [-0.2, -0.15) is 0 Å². The molecule has 0 saturated heterocycles. The fraction of sp³-hybridized carbons (Fsp3) is 0.400. The van der Waals surface area contributed by atoms with Crippen LogP contribution in [0.3, 0.4) is 0 Å². The van der Waals surface area contributed by atoms with Gasteiger partial charge in [-0.15, -0.1) is 0 Å². The van der Waals surface area contributed by atoms with E-state index < -0.39 is 16.1 Å². The first-order chi connectivity index (χ1) is 7.90. The van der Waals surface area contributed by atoms with Crippen molar-refractivity contribution in [2.24, 2.45) is 0 Å². The summed E-state index contributed by atoms with van der Waals surface area (Å²) < 4.78 is 33.8. The second kappa shape index (κ2) is 6.02. The van der Waals surface area contributed by atoms with Crippen LogP contribution in [0.4, 0.5) is 0 Å². The molecule has 0 unspecified atom stereocenters. The highest BCUT2D eigenvalue weighted by molar-refractivity contribution is 7.91. The molecule has 96 valence electrons. The second-order valence-corrected chi connectivity index (χ2v) is 6.10. The van der Waals surface area contributed by atoms with Crippen LogP contribution in [0.25, 0.3) is 0 Å². The summed E-state index contributed by atoms with van der Waals surface area (Å²) in [6.45, 7) is 0. The third kappa shape index (κ3) is 3.82. The molecule has 0 atom stereocenters. The standard InChI is InChI=1S/C10H12Cl2O4S/c1-15-10(16-2)6-17(13,14)9-5-7(11)3-4-8(9)12/h3-5,10H,6H2,1-2H3. The van der Waals surface area contributed by atoms with Crippen LogP contribution in [0, 0.1) is 0 Å². The predicted molar refractivity (Wildman–Crippen MR) is 66.3 cm³/mol. The van der Waals surface area contributed by atoms with E-state index >= 15 is 0 Å². The molecule has 4 nitrogen and oxygen atoms in total. The molecular weight excluding hydrogens is 287 g/mol. The van der Waals surface area contributed by atoms with Gasteiger partial charge in [-0.25, -0.2) is 8.42 Å². The maximum atomic E-state index is 12.0. The third-order valence-corrected chi connectivity index (χ3v) is 4.51. The van der Waals surface area contributed by atoms with Crippen molar-refractivity contribution in [2.75, 3.05) is 20.0 Å². The maximum Gasteiger partial charge on any atom is 0.184 e. The molecule has 0 aliphatic rings. The molecule has 0 radical (unpaired) electrons. The van der Waals surface area contributed by atoms with Gasteiger partial charge in [-0.3, -0.25) is 0 Å². The van der Waals surface area contributed by atoms with Gasteiger partial charge in [-0.1, -0.05) is 23.2 Å². The molecule has 0 aliphatic carbocycles. The van der Waals surface area contributed by atoms with Crippen molar-refractivity contribution in [3.63, 3.8) is 0 Å². The number of ether oxygens (including phenoxy) is 2. The minimum Gasteiger partial charge on any atom is -0.355 e. The molecular formula is C10H12Cl2O4S. The Bertz CT molecular complexity index is 483. The second-order valence-electron chi connectivity index (χ2n) is 3.26. The monoisotopic (exact) mass is 298 g/mol. The van der Waals surface area contributed by atoms with Crippen LogP contribution in [0.1, 0.15) is 0 Å². The number of methoxy groups -OCH3 is 2. The van der Waals surface area contributed by atoms with Crippen LogP contribution in [0.5, 0.6) is 0 Å². The van der Waals surface area contributed by atoms with E-state index in [-0.39, 0.29) is 15.7 Å². The Labute approximate surface area is 110 Å². The molecule has 0 bridgehead atoms. The fourth-order valence-corrected chi connectivity index (χ4v) is 3.41. The van der Waals surface area contributed by atoms with E-state index in [4.69, 9.17) is 32.7 Å². The highest BCUT2D eigenvalue weighted by Gasteiger charge is 2.23. The molecule has 1 aromatic rings. The summed E-state index contributed by atoms with van der Waals surface area (Å²) >= 11 is 11.6. The van der Waals surface area contributed by atoms with Gasteiger partial charge in [0, 0.05) is 19.2 Å². The van der Waals surface area contributed by atoms with Gasteiger partial charge in [0.25, 0.3) is 0 Å². The van der Waals surface area contributed by atoms with Crippen molar-refractivity contribution >= 4 is 33.0 Å². The zero-order valence-corrected chi connectivity index (χ0v) is 11.6. The van der Waals surface area contributed by atoms with E-state index in [9.17, 15) is 8.42 Å². The van der Waals surface area contributed by atoms with Crippen molar-refractivity contribution in [1.82, 2.24) is 0 Å². The average Bonchev–Trinajstić information content (AvgIpc) is 2.29. The average molecular weight is 299 g/mol. The molecule has 0 fully saturated rings. The van der Waals surface area contributed by atoms with E-state index in [1.165, 1.54) is 32.4 Å². The lowest BCUT2D eigenvalue weighted by molar-refractivity contribution is -0.0851. The number of halogens is 2. The van der Waals surface area contributed by atoms with Crippen molar-refractivity contribution < 1.29 is 17.9 Å². The van der Waals surface area contributed by atoms with Gasteiger partial charge in [0.15, 0.2) is 16.1 Å². The molecule has 7 heteroatoms. The highest BCUT2D eigenvalue weighted by atomic mass is 35.5. The van der Waals surface area contributed by atoms with E-state index in [0.717, 1.165) is 0 Å². The van der Waals surface area contributed by atoms with Crippen LogP contribution in [0.15, 0.2) is 23.1 Å². The van der Waals surface area contributed by atoms with Crippen LogP contribution < -0.4 is 0 Å². The van der Waals surface area contributed by atoms with Gasteiger partial charge < -0.3 is 9.47 Å². The molecule has 0 aromatic heterocycles. The molecule has 0 amide bonds. The van der Waals surface area contributed by atoms with Crippen LogP contribution in [0.2, 0.25) is 10.0 Å². The van der Waals surface area contributed by atoms with Crippen molar-refractivity contribution in [3.8, 4) is 0 Å². The molecule has 0 spiro atoms. The lowest BCUT2D eigenvalue weighted by Gasteiger charge is -2.14. The van der Waals surface area contributed by atoms with Gasteiger partial charge >= 0.3 is 0 Å². The highest BCUT2D eigenvalue weighted by Crippen LogP contribution is 2.26. The molecule has 0 heterocycles. The Balaban J connectivity index is 3.09. The number of rotatable bonds is 5. The van der Waals surface area contributed by atoms with E-state index in [1.807, 2.05) is 0 Å². The number of hydrogen-bond donors (Lipinski definition) is 0. The molecule has 1 aromatic carbocycles. The first-order valence-corrected chi connectivity index (χ1v) is 7.05. The quantitative estimate of drug-likeness (QED) is 0.783. The Hall–Kier alpha value is -0.330. The Morgan fingerprint density at radius 1 is 1.24 bits per heavy atom. The number of benzene rings is 1. The molecule has 0 N–H and O–H groups in total. The first kappa shape index (κ1) is 14.7. The zero-order chi connectivity index (χ0) is 13.1. The Morgan fingerprint density at radius 2 is 1.82 bits per heavy atom. The summed E-state index contributed by atoms with van der Waals surface area (Å²) in [5.74, 6) is -0.319. The maximum absolute atomic E-state index is 12.0. The topological polar surface area (TPSA) is 52.6 Å². The summed E-state index contributed by atoms with van der Waals surface area (Å²) in [6.07, 6.45) is -0.838. The van der Waals surface area contributed by atoms with E-state index in [0.29, 0.717) is 5.02 Å². The largest absolute Gasteiger partial charge is 0.355 e. The van der Waals surface area contributed by atoms with E-state index in [1.54, 1.807) is 0 Å². The lowest BCUT2D eigenvalue weighted by atomic mass is 10.4. The summed E-state index contributed by atoms with van der Waals surface area (Å²) in [4.78, 5) is -0.0224. The summed E-state index contributed by atoms with van der Waals surface area (Å²) in [7, 11) is -0.875. The third-order valence-electron chi connectivity index (χ3n) is 2.11. The molecule has 17 heavy (non-hydrogen) atoms. The normalized spacial score (nSPS) is 12.1. The smallest absolute Gasteiger partial charge is 0.184 e. The molecule has 0 saturated carbocycles. The fourth-order valence-electron chi connectivity index (χ4n) is 1.22. The Morgan fingerprint density at radius 3 is 2.35 bits per heavy atom. The SMILES string of the molecule is COC(CS(=O)(=O)c1cc(Cl)ccc1Cl)OC. The summed E-state index contributed by atoms with van der Waals surface area (Å²) in [6, 6.07) is 4.26. The minimum absolute atomic E-state index is 0.0224. The molecule has 0 aliphatic heterocycles. The van der Waals surface area contributed by atoms with Gasteiger partial charge in [0.2, 0.25) is 0 Å². The van der Waals surface area contributed by atoms with E-state index in [2.05, 4.69) is 0 Å². The molecule has 1 rings (SSSR count). The van der Waals surface area contributed by atoms with Crippen molar-refractivity contribution in [1.29, 1.82) is 0 Å². The number of hydrogen-bond acceptors (Lipinski definition) is 4.